The fourth-order valence-electron chi connectivity index (χ4n) is 2.23. The summed E-state index contributed by atoms with van der Waals surface area (Å²) in [4.78, 5) is 46.9. The number of esters is 2. The van der Waals surface area contributed by atoms with Crippen LogP contribution < -0.4 is 0 Å². The van der Waals surface area contributed by atoms with Crippen LogP contribution in [0.15, 0.2) is 60.7 Å². The van der Waals surface area contributed by atoms with Gasteiger partial charge in [-0.15, -0.1) is 0 Å². The van der Waals surface area contributed by atoms with E-state index in [0.29, 0.717) is 17.5 Å². The van der Waals surface area contributed by atoms with Gasteiger partial charge in [-0.3, -0.25) is 9.59 Å². The molecule has 0 spiro atoms. The summed E-state index contributed by atoms with van der Waals surface area (Å²) in [5, 5.41) is 0. The minimum absolute atomic E-state index is 0.112. The number of Topliss-reactive ketones (excluding diaryl/α,β-unsaturated/α-hetero) is 2. The highest BCUT2D eigenvalue weighted by atomic mass is 16.5. The van der Waals surface area contributed by atoms with Crippen LogP contribution in [0.1, 0.15) is 40.0 Å². The second-order valence-electron chi connectivity index (χ2n) is 5.82. The number of rotatable bonds is 10. The lowest BCUT2D eigenvalue weighted by Crippen LogP contribution is -2.16. The molecule has 0 fully saturated rings. The van der Waals surface area contributed by atoms with Gasteiger partial charge in [0.25, 0.3) is 0 Å². The van der Waals surface area contributed by atoms with Crippen LogP contribution in [-0.4, -0.2) is 36.7 Å². The van der Waals surface area contributed by atoms with Gasteiger partial charge in [0.2, 0.25) is 0 Å². The van der Waals surface area contributed by atoms with Crippen LogP contribution in [0.5, 0.6) is 0 Å². The Bertz CT molecular complexity index is 715. The molecule has 0 aliphatic rings. The summed E-state index contributed by atoms with van der Waals surface area (Å²) in [6, 6.07) is 16.8. The number of ketones is 2. The monoisotopic (exact) mass is 368 g/mol. The SMILES string of the molecule is O=C(CCCC(=O)COC(=O)c1ccccc1)COC(=O)c1ccccc1. The maximum Gasteiger partial charge on any atom is 0.338 e. The molecule has 27 heavy (non-hydrogen) atoms. The minimum atomic E-state index is -0.562. The maximum absolute atomic E-state index is 11.7. The van der Waals surface area contributed by atoms with Crippen molar-refractivity contribution in [3.63, 3.8) is 0 Å². The molecule has 0 N–H and O–H groups in total. The Balaban J connectivity index is 1.59. The van der Waals surface area contributed by atoms with Crippen molar-refractivity contribution in [2.24, 2.45) is 0 Å². The summed E-state index contributed by atoms with van der Waals surface area (Å²) in [5.74, 6) is -1.66. The first-order chi connectivity index (χ1) is 13.1. The van der Waals surface area contributed by atoms with E-state index in [0.717, 1.165) is 0 Å². The van der Waals surface area contributed by atoms with Gasteiger partial charge in [0.15, 0.2) is 11.6 Å². The Hall–Kier alpha value is -3.28. The first kappa shape index (κ1) is 20.0. The van der Waals surface area contributed by atoms with Crippen LogP contribution in [0.4, 0.5) is 0 Å². The van der Waals surface area contributed by atoms with Crippen molar-refractivity contribution in [1.29, 1.82) is 0 Å². The maximum atomic E-state index is 11.7. The van der Waals surface area contributed by atoms with E-state index < -0.39 is 11.9 Å². The molecule has 0 saturated heterocycles. The second-order valence-corrected chi connectivity index (χ2v) is 5.82. The van der Waals surface area contributed by atoms with Crippen molar-refractivity contribution in [3.05, 3.63) is 71.8 Å². The summed E-state index contributed by atoms with van der Waals surface area (Å²) >= 11 is 0. The summed E-state index contributed by atoms with van der Waals surface area (Å²) < 4.78 is 9.87. The Kier molecular flexibility index (Phi) is 7.91. The van der Waals surface area contributed by atoms with E-state index in [2.05, 4.69) is 0 Å². The summed E-state index contributed by atoms with van der Waals surface area (Å²) in [5.41, 5.74) is 0.751. The zero-order chi connectivity index (χ0) is 19.5. The number of carbonyl (C=O) groups is 4. The normalized spacial score (nSPS) is 10.1. The molecule has 0 aliphatic carbocycles. The van der Waals surface area contributed by atoms with Crippen molar-refractivity contribution in [3.8, 4) is 0 Å². The first-order valence-electron chi connectivity index (χ1n) is 8.54. The topological polar surface area (TPSA) is 86.7 Å². The zero-order valence-corrected chi connectivity index (χ0v) is 14.8. The van der Waals surface area contributed by atoms with E-state index in [4.69, 9.17) is 9.47 Å². The molecule has 0 bridgehead atoms. The standard InChI is InChI=1S/C21H20O6/c22-18(14-26-20(24)16-8-3-1-4-9-16)12-7-13-19(23)15-27-21(25)17-10-5-2-6-11-17/h1-6,8-11H,7,12-15H2. The number of hydrogen-bond acceptors (Lipinski definition) is 6. The highest BCUT2D eigenvalue weighted by molar-refractivity contribution is 5.92. The number of carbonyl (C=O) groups excluding carboxylic acids is 4. The van der Waals surface area contributed by atoms with Gasteiger partial charge in [-0.1, -0.05) is 36.4 Å². The summed E-state index contributed by atoms with van der Waals surface area (Å²) in [6.07, 6.45) is 0.532. The smallest absolute Gasteiger partial charge is 0.338 e. The molecule has 0 atom stereocenters. The third-order valence-electron chi connectivity index (χ3n) is 3.66. The fourth-order valence-corrected chi connectivity index (χ4v) is 2.23. The fraction of sp³-hybridized carbons (Fsp3) is 0.238. The molecular formula is C21H20O6. The van der Waals surface area contributed by atoms with Gasteiger partial charge in [0.05, 0.1) is 11.1 Å². The molecule has 2 rings (SSSR count). The summed E-state index contributed by atoms with van der Waals surface area (Å²) in [6.45, 7) is -0.657. The molecule has 6 nitrogen and oxygen atoms in total. The van der Waals surface area contributed by atoms with Crippen LogP contribution >= 0.6 is 0 Å². The number of ether oxygens (including phenoxy) is 2. The molecule has 0 amide bonds. The third-order valence-corrected chi connectivity index (χ3v) is 3.66. The molecule has 0 heterocycles. The Morgan fingerprint density at radius 1 is 0.593 bits per heavy atom. The summed E-state index contributed by atoms with van der Waals surface area (Å²) in [7, 11) is 0. The molecule has 6 heteroatoms. The van der Waals surface area contributed by atoms with Crippen molar-refractivity contribution < 1.29 is 28.7 Å². The minimum Gasteiger partial charge on any atom is -0.454 e. The van der Waals surface area contributed by atoms with Crippen LogP contribution in [0.3, 0.4) is 0 Å². The van der Waals surface area contributed by atoms with E-state index in [1.807, 2.05) is 0 Å². The Morgan fingerprint density at radius 3 is 1.33 bits per heavy atom. The van der Waals surface area contributed by atoms with E-state index in [1.165, 1.54) is 0 Å². The molecular weight excluding hydrogens is 348 g/mol. The third kappa shape index (κ3) is 7.23. The Labute approximate surface area is 157 Å². The number of hydrogen-bond donors (Lipinski definition) is 0. The van der Waals surface area contributed by atoms with Crippen LogP contribution in [0.2, 0.25) is 0 Å². The average molecular weight is 368 g/mol. The van der Waals surface area contributed by atoms with Crippen molar-refractivity contribution in [2.45, 2.75) is 19.3 Å². The van der Waals surface area contributed by atoms with Crippen LogP contribution in [0.25, 0.3) is 0 Å². The molecule has 140 valence electrons. The average Bonchev–Trinajstić information content (AvgIpc) is 2.71. The van der Waals surface area contributed by atoms with Gasteiger partial charge >= 0.3 is 11.9 Å². The molecule has 0 aromatic heterocycles. The van der Waals surface area contributed by atoms with Crippen LogP contribution in [0, 0.1) is 0 Å². The van der Waals surface area contributed by atoms with E-state index in [9.17, 15) is 19.2 Å². The largest absolute Gasteiger partial charge is 0.454 e. The predicted molar refractivity (Wildman–Crippen MR) is 97.3 cm³/mol. The molecule has 0 aliphatic heterocycles. The molecule has 2 aromatic rings. The van der Waals surface area contributed by atoms with Crippen molar-refractivity contribution >= 4 is 23.5 Å². The zero-order valence-electron chi connectivity index (χ0n) is 14.8. The first-order valence-corrected chi connectivity index (χ1v) is 8.54. The Morgan fingerprint density at radius 2 is 0.963 bits per heavy atom. The molecule has 2 aromatic carbocycles. The van der Waals surface area contributed by atoms with Gasteiger partial charge < -0.3 is 9.47 Å². The van der Waals surface area contributed by atoms with E-state index >= 15 is 0 Å². The lowest BCUT2D eigenvalue weighted by Gasteiger charge is -2.05. The van der Waals surface area contributed by atoms with E-state index in [1.54, 1.807) is 60.7 Å². The highest BCUT2D eigenvalue weighted by Gasteiger charge is 2.12. The van der Waals surface area contributed by atoms with Crippen molar-refractivity contribution in [2.75, 3.05) is 13.2 Å². The van der Waals surface area contributed by atoms with Gasteiger partial charge in [0.1, 0.15) is 13.2 Å². The molecule has 0 radical (unpaired) electrons. The molecule has 0 saturated carbocycles. The molecule has 0 unspecified atom stereocenters. The van der Waals surface area contributed by atoms with Crippen LogP contribution in [-0.2, 0) is 19.1 Å². The second kappa shape index (κ2) is 10.7. The van der Waals surface area contributed by atoms with Gasteiger partial charge in [0, 0.05) is 12.8 Å². The van der Waals surface area contributed by atoms with Crippen molar-refractivity contribution in [1.82, 2.24) is 0 Å². The van der Waals surface area contributed by atoms with E-state index in [-0.39, 0.29) is 37.6 Å². The van der Waals surface area contributed by atoms with Gasteiger partial charge in [-0.25, -0.2) is 9.59 Å². The van der Waals surface area contributed by atoms with Gasteiger partial charge in [-0.2, -0.15) is 0 Å². The predicted octanol–water partition coefficient (Wildman–Crippen LogP) is 3.01. The quantitative estimate of drug-likeness (QED) is 0.599. The number of benzene rings is 2. The van der Waals surface area contributed by atoms with Gasteiger partial charge in [-0.05, 0) is 30.7 Å². The lowest BCUT2D eigenvalue weighted by molar-refractivity contribution is -0.123. The lowest BCUT2D eigenvalue weighted by atomic mass is 10.1. The highest BCUT2D eigenvalue weighted by Crippen LogP contribution is 2.05.